The highest BCUT2D eigenvalue weighted by Gasteiger charge is 2.06. The maximum Gasteiger partial charge on any atom is 0.303 e. The predicted molar refractivity (Wildman–Crippen MR) is 85.1 cm³/mol. The van der Waals surface area contributed by atoms with Gasteiger partial charge in [0.05, 0.1) is 0 Å². The first-order valence-electron chi connectivity index (χ1n) is 6.96. The molecular formula is C14H28Cl2O4. The Kier molecular flexibility index (Phi) is 20.3. The Labute approximate surface area is 134 Å². The molecule has 0 aromatic carbocycles. The molecule has 0 aliphatic rings. The zero-order chi connectivity index (χ0) is 13.8. The molecule has 0 aliphatic carbocycles. The van der Waals surface area contributed by atoms with Crippen molar-refractivity contribution in [3.63, 3.8) is 0 Å². The van der Waals surface area contributed by atoms with Crippen LogP contribution in [0.1, 0.15) is 71.1 Å². The summed E-state index contributed by atoms with van der Waals surface area (Å²) in [6.45, 7) is 1.99. The van der Waals surface area contributed by atoms with Gasteiger partial charge >= 0.3 is 11.9 Å². The molecule has 0 saturated heterocycles. The number of hydrogen-bond donors (Lipinski definition) is 2. The fourth-order valence-electron chi connectivity index (χ4n) is 2.05. The number of aliphatic carboxylic acids is 2. The molecule has 0 rings (SSSR count). The summed E-state index contributed by atoms with van der Waals surface area (Å²) in [5, 5.41) is 17.1. The van der Waals surface area contributed by atoms with E-state index in [4.69, 9.17) is 10.2 Å². The van der Waals surface area contributed by atoms with Crippen LogP contribution in [0, 0.1) is 5.92 Å². The molecule has 1 unspecified atom stereocenters. The van der Waals surface area contributed by atoms with Gasteiger partial charge in [-0.15, -0.1) is 24.8 Å². The number of halogens is 2. The van der Waals surface area contributed by atoms with Crippen molar-refractivity contribution in [1.29, 1.82) is 0 Å². The van der Waals surface area contributed by atoms with Gasteiger partial charge in [-0.1, -0.05) is 51.9 Å². The average Bonchev–Trinajstić information content (AvgIpc) is 2.25. The zero-order valence-electron chi connectivity index (χ0n) is 12.2. The van der Waals surface area contributed by atoms with Crippen molar-refractivity contribution in [1.82, 2.24) is 0 Å². The van der Waals surface area contributed by atoms with Crippen LogP contribution in [0.2, 0.25) is 0 Å². The van der Waals surface area contributed by atoms with Crippen molar-refractivity contribution < 1.29 is 19.8 Å². The van der Waals surface area contributed by atoms with Gasteiger partial charge in [0.1, 0.15) is 0 Å². The van der Waals surface area contributed by atoms with E-state index in [0.29, 0.717) is 0 Å². The highest BCUT2D eigenvalue weighted by Crippen LogP contribution is 2.15. The Hall–Kier alpha value is -0.480. The van der Waals surface area contributed by atoms with Crippen molar-refractivity contribution >= 4 is 36.8 Å². The van der Waals surface area contributed by atoms with Crippen LogP contribution in [0.15, 0.2) is 0 Å². The Morgan fingerprint density at radius 1 is 0.800 bits per heavy atom. The van der Waals surface area contributed by atoms with Crippen LogP contribution in [-0.4, -0.2) is 22.2 Å². The lowest BCUT2D eigenvalue weighted by atomic mass is 9.99. The quantitative estimate of drug-likeness (QED) is 0.515. The van der Waals surface area contributed by atoms with Gasteiger partial charge in [0, 0.05) is 12.8 Å². The minimum absolute atomic E-state index is 0. The second-order valence-corrected chi connectivity index (χ2v) is 5.11. The lowest BCUT2D eigenvalue weighted by Crippen LogP contribution is -2.03. The van der Waals surface area contributed by atoms with Gasteiger partial charge in [0.25, 0.3) is 0 Å². The first-order valence-corrected chi connectivity index (χ1v) is 6.96. The molecule has 0 aromatic rings. The van der Waals surface area contributed by atoms with Crippen LogP contribution in [0.3, 0.4) is 0 Å². The number of carbonyl (C=O) groups is 2. The molecule has 20 heavy (non-hydrogen) atoms. The molecule has 0 bridgehead atoms. The number of rotatable bonds is 12. The number of unbranched alkanes of at least 4 members (excludes halogenated alkanes) is 6. The molecule has 0 aromatic heterocycles. The molecule has 6 heteroatoms. The van der Waals surface area contributed by atoms with Crippen LogP contribution < -0.4 is 0 Å². The largest absolute Gasteiger partial charge is 0.481 e. The lowest BCUT2D eigenvalue weighted by Gasteiger charge is -2.07. The normalized spacial score (nSPS) is 11.1. The zero-order valence-corrected chi connectivity index (χ0v) is 13.8. The second kappa shape index (κ2) is 16.6. The molecular weight excluding hydrogens is 303 g/mol. The van der Waals surface area contributed by atoms with E-state index in [9.17, 15) is 9.59 Å². The second-order valence-electron chi connectivity index (χ2n) is 5.11. The third-order valence-electron chi connectivity index (χ3n) is 3.11. The van der Waals surface area contributed by atoms with Gasteiger partial charge in [-0.25, -0.2) is 0 Å². The summed E-state index contributed by atoms with van der Waals surface area (Å²) in [4.78, 5) is 20.7. The van der Waals surface area contributed by atoms with E-state index in [0.717, 1.165) is 44.9 Å². The fraction of sp³-hybridized carbons (Fsp3) is 0.857. The first-order chi connectivity index (χ1) is 8.52. The van der Waals surface area contributed by atoms with Crippen molar-refractivity contribution in [2.24, 2.45) is 5.92 Å². The maximum absolute atomic E-state index is 10.5. The van der Waals surface area contributed by atoms with Gasteiger partial charge in [-0.05, 0) is 12.3 Å². The molecule has 0 spiro atoms. The van der Waals surface area contributed by atoms with E-state index in [1.165, 1.54) is 6.42 Å². The first kappa shape index (κ1) is 24.5. The summed E-state index contributed by atoms with van der Waals surface area (Å²) in [6, 6.07) is 0. The summed E-state index contributed by atoms with van der Waals surface area (Å²) < 4.78 is 0. The third kappa shape index (κ3) is 19.9. The topological polar surface area (TPSA) is 74.6 Å². The number of carboxylic acids is 2. The summed E-state index contributed by atoms with van der Waals surface area (Å²) in [7, 11) is 0. The molecule has 2 N–H and O–H groups in total. The minimum Gasteiger partial charge on any atom is -0.481 e. The molecule has 0 heterocycles. The minimum atomic E-state index is -0.707. The lowest BCUT2D eigenvalue weighted by molar-refractivity contribution is -0.138. The van der Waals surface area contributed by atoms with Crippen molar-refractivity contribution in [3.05, 3.63) is 0 Å². The van der Waals surface area contributed by atoms with Gasteiger partial charge in [-0.2, -0.15) is 0 Å². The molecule has 0 amide bonds. The summed E-state index contributed by atoms with van der Waals surface area (Å²) in [5.41, 5.74) is 0. The Morgan fingerprint density at radius 2 is 1.25 bits per heavy atom. The van der Waals surface area contributed by atoms with E-state index in [1.807, 2.05) is 6.92 Å². The van der Waals surface area contributed by atoms with Gasteiger partial charge < -0.3 is 10.2 Å². The third-order valence-corrected chi connectivity index (χ3v) is 3.11. The molecule has 4 nitrogen and oxygen atoms in total. The van der Waals surface area contributed by atoms with Crippen LogP contribution >= 0.6 is 24.8 Å². The number of carboxylic acid groups (broad SMARTS) is 2. The van der Waals surface area contributed by atoms with E-state index >= 15 is 0 Å². The smallest absolute Gasteiger partial charge is 0.303 e. The Balaban J connectivity index is -0.00000144. The molecule has 122 valence electrons. The van der Waals surface area contributed by atoms with Gasteiger partial charge in [-0.3, -0.25) is 9.59 Å². The van der Waals surface area contributed by atoms with E-state index in [1.54, 1.807) is 0 Å². The van der Waals surface area contributed by atoms with Crippen LogP contribution in [0.4, 0.5) is 0 Å². The molecule has 0 saturated carbocycles. The Bertz CT molecular complexity index is 247. The summed E-state index contributed by atoms with van der Waals surface area (Å²) in [5.74, 6) is -1.14. The standard InChI is InChI=1S/C14H26O4.2ClH/c1-12(11-14(17)18)9-7-5-3-2-4-6-8-10-13(15)16;;/h12H,2-11H2,1H3,(H,15,16)(H,17,18);2*1H. The summed E-state index contributed by atoms with van der Waals surface area (Å²) in [6.07, 6.45) is 9.03. The fourth-order valence-corrected chi connectivity index (χ4v) is 2.05. The average molecular weight is 331 g/mol. The molecule has 0 fully saturated rings. The van der Waals surface area contributed by atoms with Crippen molar-refractivity contribution in [2.75, 3.05) is 0 Å². The van der Waals surface area contributed by atoms with E-state index in [-0.39, 0.29) is 43.6 Å². The van der Waals surface area contributed by atoms with Gasteiger partial charge in [0.2, 0.25) is 0 Å². The predicted octanol–water partition coefficient (Wildman–Crippen LogP) is 4.54. The number of hydrogen-bond acceptors (Lipinski definition) is 2. The van der Waals surface area contributed by atoms with E-state index in [2.05, 4.69) is 0 Å². The van der Waals surface area contributed by atoms with Crippen LogP contribution in [-0.2, 0) is 9.59 Å². The van der Waals surface area contributed by atoms with Crippen molar-refractivity contribution in [2.45, 2.75) is 71.1 Å². The highest BCUT2D eigenvalue weighted by molar-refractivity contribution is 5.85. The van der Waals surface area contributed by atoms with Gasteiger partial charge in [0.15, 0.2) is 0 Å². The molecule has 0 aliphatic heterocycles. The highest BCUT2D eigenvalue weighted by atomic mass is 35.5. The van der Waals surface area contributed by atoms with E-state index < -0.39 is 11.9 Å². The Morgan fingerprint density at radius 3 is 1.70 bits per heavy atom. The molecule has 1 atom stereocenters. The van der Waals surface area contributed by atoms with Crippen molar-refractivity contribution in [3.8, 4) is 0 Å². The monoisotopic (exact) mass is 330 g/mol. The summed E-state index contributed by atoms with van der Waals surface area (Å²) >= 11 is 0. The van der Waals surface area contributed by atoms with Crippen LogP contribution in [0.5, 0.6) is 0 Å². The maximum atomic E-state index is 10.5. The SMILES string of the molecule is CC(CCCCCCCCCC(=O)O)CC(=O)O.Cl.Cl. The molecule has 0 radical (unpaired) electrons. The van der Waals surface area contributed by atoms with Crippen LogP contribution in [0.25, 0.3) is 0 Å².